The number of rotatable bonds is 4. The Balaban J connectivity index is 1.55. The number of fused-ring (bicyclic) bond motifs is 1. The molecule has 0 saturated carbocycles. The second-order valence-electron chi connectivity index (χ2n) is 4.69. The van der Waals surface area contributed by atoms with Crippen molar-refractivity contribution >= 4 is 5.95 Å². The molecule has 3 heterocycles. The van der Waals surface area contributed by atoms with Crippen molar-refractivity contribution in [3.8, 4) is 17.2 Å². The number of hydrogen-bond donors (Lipinski definition) is 0. The molecule has 0 spiro atoms. The summed E-state index contributed by atoms with van der Waals surface area (Å²) in [6, 6.07) is 5.41. The minimum Gasteiger partial charge on any atom is -0.454 e. The quantitative estimate of drug-likeness (QED) is 0.505. The molecule has 0 N–H and O–H groups in total. The van der Waals surface area contributed by atoms with Crippen molar-refractivity contribution in [2.45, 2.75) is 6.54 Å². The maximum atomic E-state index is 10.6. The average Bonchev–Trinajstić information content (AvgIpc) is 3.27. The normalized spacial score (nSPS) is 12.5. The van der Waals surface area contributed by atoms with Crippen LogP contribution in [0.15, 0.2) is 30.7 Å². The summed E-state index contributed by atoms with van der Waals surface area (Å²) in [5.41, 5.74) is 1.35. The molecule has 0 unspecified atom stereocenters. The van der Waals surface area contributed by atoms with Gasteiger partial charge in [-0.3, -0.25) is 0 Å². The highest BCUT2D eigenvalue weighted by Gasteiger charge is 2.16. The lowest BCUT2D eigenvalue weighted by atomic mass is 10.3. The highest BCUT2D eigenvalue weighted by atomic mass is 16.7. The summed E-state index contributed by atoms with van der Waals surface area (Å²) in [5, 5.41) is 22.3. The SMILES string of the molecule is O=[N+]([O-])c1ncn(Cc2cn(-c3ccc4c(c3)OCO4)nn2)n1. The number of benzene rings is 1. The topological polar surface area (TPSA) is 123 Å². The fourth-order valence-corrected chi connectivity index (χ4v) is 2.14. The summed E-state index contributed by atoms with van der Waals surface area (Å²) < 4.78 is 13.5. The van der Waals surface area contributed by atoms with Crippen molar-refractivity contribution < 1.29 is 14.4 Å². The summed E-state index contributed by atoms with van der Waals surface area (Å²) in [6.07, 6.45) is 2.97. The Kier molecular flexibility index (Phi) is 2.89. The first-order valence-corrected chi connectivity index (χ1v) is 6.54. The Hall–Kier alpha value is -3.50. The molecule has 0 atom stereocenters. The summed E-state index contributed by atoms with van der Waals surface area (Å²) in [5.74, 6) is 0.878. The van der Waals surface area contributed by atoms with Crippen LogP contribution in [0, 0.1) is 10.1 Å². The summed E-state index contributed by atoms with van der Waals surface area (Å²) >= 11 is 0. The Bertz CT molecular complexity index is 887. The van der Waals surface area contributed by atoms with Crippen molar-refractivity contribution in [1.82, 2.24) is 29.8 Å². The van der Waals surface area contributed by atoms with Gasteiger partial charge in [-0.05, 0) is 17.1 Å². The second kappa shape index (κ2) is 5.05. The van der Waals surface area contributed by atoms with Crippen molar-refractivity contribution in [1.29, 1.82) is 0 Å². The first kappa shape index (κ1) is 13.2. The molecule has 116 valence electrons. The Morgan fingerprint density at radius 2 is 2.17 bits per heavy atom. The van der Waals surface area contributed by atoms with E-state index in [1.165, 1.54) is 11.0 Å². The van der Waals surface area contributed by atoms with Gasteiger partial charge in [-0.15, -0.1) is 5.10 Å². The van der Waals surface area contributed by atoms with E-state index in [-0.39, 0.29) is 13.3 Å². The number of aromatic nitrogens is 6. The van der Waals surface area contributed by atoms with Crippen LogP contribution in [-0.2, 0) is 6.54 Å². The molecule has 23 heavy (non-hydrogen) atoms. The number of hydrogen-bond acceptors (Lipinski definition) is 8. The standard InChI is InChI=1S/C12H9N7O4/c20-19(21)12-13-6-17(15-12)4-8-5-18(16-14-8)9-1-2-10-11(3-9)23-7-22-10/h1-3,5-6H,4,7H2. The maximum absolute atomic E-state index is 10.6. The van der Waals surface area contributed by atoms with Crippen LogP contribution in [0.1, 0.15) is 5.69 Å². The summed E-state index contributed by atoms with van der Waals surface area (Å²) in [4.78, 5) is 13.5. The number of ether oxygens (including phenoxy) is 2. The second-order valence-corrected chi connectivity index (χ2v) is 4.69. The van der Waals surface area contributed by atoms with Crippen molar-refractivity contribution in [3.05, 3.63) is 46.5 Å². The summed E-state index contributed by atoms with van der Waals surface area (Å²) in [7, 11) is 0. The van der Waals surface area contributed by atoms with E-state index in [4.69, 9.17) is 9.47 Å². The van der Waals surface area contributed by atoms with Gasteiger partial charge >= 0.3 is 5.95 Å². The van der Waals surface area contributed by atoms with E-state index in [1.54, 1.807) is 23.0 Å². The fourth-order valence-electron chi connectivity index (χ4n) is 2.14. The fraction of sp³-hybridized carbons (Fsp3) is 0.167. The van der Waals surface area contributed by atoms with Crippen LogP contribution in [0.5, 0.6) is 11.5 Å². The molecule has 0 amide bonds. The third kappa shape index (κ3) is 2.43. The minimum absolute atomic E-state index is 0.201. The molecule has 0 bridgehead atoms. The van der Waals surface area contributed by atoms with Crippen LogP contribution in [0.3, 0.4) is 0 Å². The number of nitro groups is 1. The van der Waals surface area contributed by atoms with Gasteiger partial charge in [0, 0.05) is 11.2 Å². The third-order valence-corrected chi connectivity index (χ3v) is 3.17. The van der Waals surface area contributed by atoms with Gasteiger partial charge in [-0.2, -0.15) is 4.68 Å². The molecule has 1 aromatic carbocycles. The molecule has 4 rings (SSSR count). The Morgan fingerprint density at radius 1 is 1.30 bits per heavy atom. The van der Waals surface area contributed by atoms with Crippen LogP contribution >= 0.6 is 0 Å². The van der Waals surface area contributed by atoms with E-state index in [9.17, 15) is 10.1 Å². The largest absolute Gasteiger partial charge is 0.490 e. The first-order chi connectivity index (χ1) is 11.2. The zero-order chi connectivity index (χ0) is 15.8. The van der Waals surface area contributed by atoms with Crippen LogP contribution in [0.2, 0.25) is 0 Å². The van der Waals surface area contributed by atoms with Crippen LogP contribution in [0.25, 0.3) is 5.69 Å². The lowest BCUT2D eigenvalue weighted by molar-refractivity contribution is -0.394. The van der Waals surface area contributed by atoms with Gasteiger partial charge in [-0.1, -0.05) is 10.2 Å². The van der Waals surface area contributed by atoms with Gasteiger partial charge in [0.2, 0.25) is 13.1 Å². The summed E-state index contributed by atoms with van der Waals surface area (Å²) in [6.45, 7) is 0.428. The average molecular weight is 315 g/mol. The van der Waals surface area contributed by atoms with E-state index in [0.29, 0.717) is 17.2 Å². The van der Waals surface area contributed by atoms with Gasteiger partial charge in [0.15, 0.2) is 11.5 Å². The molecule has 1 aliphatic rings. The van der Waals surface area contributed by atoms with E-state index < -0.39 is 10.9 Å². The smallest absolute Gasteiger partial charge is 0.454 e. The molecular formula is C12H9N7O4. The van der Waals surface area contributed by atoms with E-state index >= 15 is 0 Å². The molecule has 2 aromatic heterocycles. The highest BCUT2D eigenvalue weighted by molar-refractivity contribution is 5.49. The molecule has 11 heteroatoms. The maximum Gasteiger partial charge on any atom is 0.490 e. The van der Waals surface area contributed by atoms with E-state index in [0.717, 1.165) is 5.69 Å². The number of nitrogens with zero attached hydrogens (tertiary/aromatic N) is 7. The highest BCUT2D eigenvalue weighted by Crippen LogP contribution is 2.33. The van der Waals surface area contributed by atoms with Crippen LogP contribution in [-0.4, -0.2) is 41.5 Å². The molecule has 1 aliphatic heterocycles. The minimum atomic E-state index is -0.653. The molecule has 0 saturated heterocycles. The Morgan fingerprint density at radius 3 is 3.00 bits per heavy atom. The zero-order valence-electron chi connectivity index (χ0n) is 11.6. The molecule has 0 radical (unpaired) electrons. The van der Waals surface area contributed by atoms with Crippen molar-refractivity contribution in [2.75, 3.05) is 6.79 Å². The lowest BCUT2D eigenvalue weighted by Crippen LogP contribution is -2.01. The Labute approximate surface area is 128 Å². The van der Waals surface area contributed by atoms with Crippen molar-refractivity contribution in [2.24, 2.45) is 0 Å². The van der Waals surface area contributed by atoms with Gasteiger partial charge in [0.05, 0.1) is 11.9 Å². The lowest BCUT2D eigenvalue weighted by Gasteiger charge is -2.01. The van der Waals surface area contributed by atoms with Gasteiger partial charge in [0.25, 0.3) is 0 Å². The van der Waals surface area contributed by atoms with E-state index in [1.807, 2.05) is 6.07 Å². The van der Waals surface area contributed by atoms with E-state index in [2.05, 4.69) is 20.4 Å². The molecule has 0 aliphatic carbocycles. The molecule has 0 fully saturated rings. The van der Waals surface area contributed by atoms with Crippen LogP contribution in [0.4, 0.5) is 5.95 Å². The monoisotopic (exact) mass is 315 g/mol. The predicted octanol–water partition coefficient (Wildman–Crippen LogP) is 0.544. The van der Waals surface area contributed by atoms with Gasteiger partial charge < -0.3 is 19.6 Å². The third-order valence-electron chi connectivity index (χ3n) is 3.17. The molecule has 11 nitrogen and oxygen atoms in total. The predicted molar refractivity (Wildman–Crippen MR) is 73.3 cm³/mol. The van der Waals surface area contributed by atoms with Gasteiger partial charge in [0.1, 0.15) is 12.2 Å². The molecule has 3 aromatic rings. The van der Waals surface area contributed by atoms with Crippen LogP contribution < -0.4 is 9.47 Å². The zero-order valence-corrected chi connectivity index (χ0v) is 11.6. The van der Waals surface area contributed by atoms with Crippen molar-refractivity contribution in [3.63, 3.8) is 0 Å². The van der Waals surface area contributed by atoms with Gasteiger partial charge in [-0.25, -0.2) is 4.68 Å². The first-order valence-electron chi connectivity index (χ1n) is 6.54. The molecular weight excluding hydrogens is 306 g/mol.